The molecule has 0 aromatic heterocycles. The topological polar surface area (TPSA) is 147 Å². The highest BCUT2D eigenvalue weighted by atomic mass is 16.6. The van der Waals surface area contributed by atoms with Crippen molar-refractivity contribution in [2.45, 2.75) is 70.1 Å². The molecule has 1 aliphatic heterocycles. The standard InChI is InChI=1S/C35H38N4O7/c1-34(2,3)45-33(44)37-39-17-11-5-4-6-12-21-20-35(21,32(42)43)36-30(40)27-18-22(19-28(27)31(39)41)46-38-29-25-15-9-7-13-23(25)24-14-8-10-16-26(24)29/h6-10,12-16,19,21-22,27H,4-5,11,17-18,20H2,1-3H3,(H,36,40)(H,37,44)(H,42,43)/b12-6-/t21-,22+,27+,35+/m0/s1. The number of amides is 3. The molecule has 6 rings (SSSR count). The van der Waals surface area contributed by atoms with Crippen LogP contribution in [0.15, 0.2) is 77.5 Å². The number of aliphatic carboxylic acids is 1. The van der Waals surface area contributed by atoms with E-state index < -0.39 is 47.0 Å². The van der Waals surface area contributed by atoms with Crippen LogP contribution in [0, 0.1) is 11.8 Å². The molecule has 0 unspecified atom stereocenters. The molecule has 1 saturated carbocycles. The van der Waals surface area contributed by atoms with E-state index in [0.717, 1.165) is 22.3 Å². The molecule has 3 amide bonds. The average Bonchev–Trinajstić information content (AvgIpc) is 3.38. The van der Waals surface area contributed by atoms with Crippen LogP contribution in [0.3, 0.4) is 0 Å². The van der Waals surface area contributed by atoms with E-state index in [4.69, 9.17) is 9.57 Å². The second-order valence-corrected chi connectivity index (χ2v) is 13.2. The van der Waals surface area contributed by atoms with Crippen LogP contribution in [0.2, 0.25) is 0 Å². The minimum Gasteiger partial charge on any atom is -0.479 e. The number of fused-ring (bicyclic) bond motifs is 5. The van der Waals surface area contributed by atoms with Crippen LogP contribution in [0.4, 0.5) is 4.79 Å². The van der Waals surface area contributed by atoms with Gasteiger partial charge in [-0.1, -0.05) is 65.8 Å². The molecule has 0 bridgehead atoms. The van der Waals surface area contributed by atoms with Crippen molar-refractivity contribution in [2.24, 2.45) is 17.0 Å². The zero-order valence-corrected chi connectivity index (χ0v) is 26.1. The minimum atomic E-state index is -1.43. The molecule has 0 radical (unpaired) electrons. The number of hydrazine groups is 1. The molecule has 46 heavy (non-hydrogen) atoms. The first-order valence-electron chi connectivity index (χ1n) is 15.6. The van der Waals surface area contributed by atoms with Gasteiger partial charge in [-0.2, -0.15) is 0 Å². The molecule has 3 N–H and O–H groups in total. The molecule has 0 spiro atoms. The number of hydrogen-bond acceptors (Lipinski definition) is 7. The summed E-state index contributed by atoms with van der Waals surface area (Å²) < 4.78 is 5.40. The van der Waals surface area contributed by atoms with Gasteiger partial charge in [-0.25, -0.2) is 20.0 Å². The normalized spacial score (nSPS) is 26.2. The molecule has 11 nitrogen and oxygen atoms in total. The van der Waals surface area contributed by atoms with Gasteiger partial charge in [-0.3, -0.25) is 9.59 Å². The predicted molar refractivity (Wildman–Crippen MR) is 169 cm³/mol. The van der Waals surface area contributed by atoms with Crippen LogP contribution >= 0.6 is 0 Å². The second-order valence-electron chi connectivity index (χ2n) is 13.2. The Morgan fingerprint density at radius 3 is 2.30 bits per heavy atom. The van der Waals surface area contributed by atoms with Gasteiger partial charge >= 0.3 is 12.1 Å². The Balaban J connectivity index is 1.31. The smallest absolute Gasteiger partial charge is 0.426 e. The maximum absolute atomic E-state index is 14.1. The van der Waals surface area contributed by atoms with E-state index in [1.807, 2.05) is 60.7 Å². The van der Waals surface area contributed by atoms with E-state index in [0.29, 0.717) is 25.0 Å². The summed E-state index contributed by atoms with van der Waals surface area (Å²) in [5, 5.41) is 18.5. The molecule has 3 aliphatic carbocycles. The van der Waals surface area contributed by atoms with E-state index in [9.17, 15) is 24.3 Å². The molecule has 2 aromatic carbocycles. The maximum atomic E-state index is 14.1. The number of ether oxygens (including phenoxy) is 1. The second kappa shape index (κ2) is 12.1. The first-order valence-corrected chi connectivity index (χ1v) is 15.6. The van der Waals surface area contributed by atoms with Crippen molar-refractivity contribution in [3.05, 3.63) is 83.5 Å². The zero-order chi connectivity index (χ0) is 32.6. The Labute approximate surface area is 267 Å². The van der Waals surface area contributed by atoms with E-state index in [1.165, 1.54) is 5.01 Å². The van der Waals surface area contributed by atoms with E-state index >= 15 is 0 Å². The highest BCUT2D eigenvalue weighted by Gasteiger charge is 2.61. The molecular weight excluding hydrogens is 588 g/mol. The van der Waals surface area contributed by atoms with E-state index in [1.54, 1.807) is 26.8 Å². The van der Waals surface area contributed by atoms with Crippen LogP contribution < -0.4 is 10.7 Å². The summed E-state index contributed by atoms with van der Waals surface area (Å²) >= 11 is 0. The quantitative estimate of drug-likeness (QED) is 0.281. The third-order valence-electron chi connectivity index (χ3n) is 8.69. The Hall–Kier alpha value is -4.93. The molecule has 0 saturated heterocycles. The lowest BCUT2D eigenvalue weighted by atomic mass is 9.98. The van der Waals surface area contributed by atoms with Gasteiger partial charge in [0.15, 0.2) is 0 Å². The van der Waals surface area contributed by atoms with Gasteiger partial charge in [0.2, 0.25) is 5.91 Å². The summed E-state index contributed by atoms with van der Waals surface area (Å²) in [6, 6.07) is 15.7. The zero-order valence-electron chi connectivity index (χ0n) is 26.1. The van der Waals surface area contributed by atoms with Crippen molar-refractivity contribution >= 4 is 29.6 Å². The van der Waals surface area contributed by atoms with E-state index in [2.05, 4.69) is 15.9 Å². The maximum Gasteiger partial charge on any atom is 0.426 e. The fraction of sp³-hybridized carbons (Fsp3) is 0.400. The van der Waals surface area contributed by atoms with Crippen LogP contribution in [-0.2, 0) is 24.0 Å². The van der Waals surface area contributed by atoms with Gasteiger partial charge < -0.3 is 20.0 Å². The fourth-order valence-electron chi connectivity index (χ4n) is 6.34. The molecular formula is C35H38N4O7. The predicted octanol–water partition coefficient (Wildman–Crippen LogP) is 4.72. The lowest BCUT2D eigenvalue weighted by Gasteiger charge is -2.28. The number of carboxylic acids is 1. The van der Waals surface area contributed by atoms with Gasteiger partial charge in [-0.05, 0) is 63.7 Å². The largest absolute Gasteiger partial charge is 0.479 e. The number of rotatable bonds is 4. The summed E-state index contributed by atoms with van der Waals surface area (Å²) in [5.74, 6) is -3.68. The van der Waals surface area contributed by atoms with Crippen LogP contribution in [0.25, 0.3) is 11.1 Å². The van der Waals surface area contributed by atoms with Crippen molar-refractivity contribution in [1.82, 2.24) is 15.8 Å². The number of hydrogen-bond donors (Lipinski definition) is 3. The van der Waals surface area contributed by atoms with Gasteiger partial charge in [0.1, 0.15) is 23.0 Å². The van der Waals surface area contributed by atoms with Gasteiger partial charge in [0.25, 0.3) is 5.91 Å². The Morgan fingerprint density at radius 2 is 1.67 bits per heavy atom. The van der Waals surface area contributed by atoms with Crippen LogP contribution in [0.5, 0.6) is 0 Å². The van der Waals surface area contributed by atoms with E-state index in [-0.39, 0.29) is 30.9 Å². The van der Waals surface area contributed by atoms with Crippen molar-refractivity contribution in [3.63, 3.8) is 0 Å². The number of nitrogens with one attached hydrogen (secondary N) is 2. The lowest BCUT2D eigenvalue weighted by molar-refractivity contribution is -0.144. The molecule has 1 heterocycles. The minimum absolute atomic E-state index is 0.0590. The first kappa shape index (κ1) is 31.1. The SMILES string of the molecule is CC(C)(C)OC(=O)NN1CCCC/C=C\[C@H]2C[C@@]2(C(=O)O)NC(=O)[C@@H]2C[C@@H](ON=C3c4ccccc4-c4ccccc43)C=C2C1=O. The summed E-state index contributed by atoms with van der Waals surface area (Å²) in [7, 11) is 0. The van der Waals surface area contributed by atoms with Crippen molar-refractivity contribution in [1.29, 1.82) is 0 Å². The monoisotopic (exact) mass is 626 g/mol. The molecule has 4 atom stereocenters. The number of carboxylic acid groups (broad SMARTS) is 1. The Bertz CT molecular complexity index is 1630. The number of carbonyl (C=O) groups excluding carboxylic acids is 3. The Morgan fingerprint density at radius 1 is 1.02 bits per heavy atom. The number of benzene rings is 2. The Kier molecular flexibility index (Phi) is 8.18. The average molecular weight is 627 g/mol. The molecule has 2 aromatic rings. The van der Waals surface area contributed by atoms with Crippen molar-refractivity contribution < 1.29 is 33.9 Å². The number of carbonyl (C=O) groups is 4. The fourth-order valence-corrected chi connectivity index (χ4v) is 6.34. The van der Waals surface area contributed by atoms with Gasteiger partial charge in [0.05, 0.1) is 5.92 Å². The van der Waals surface area contributed by atoms with Gasteiger partial charge in [0, 0.05) is 35.6 Å². The lowest BCUT2D eigenvalue weighted by Crippen LogP contribution is -2.51. The van der Waals surface area contributed by atoms with Crippen molar-refractivity contribution in [2.75, 3.05) is 6.54 Å². The molecule has 4 aliphatic rings. The first-order chi connectivity index (χ1) is 22.0. The highest BCUT2D eigenvalue weighted by molar-refractivity contribution is 6.24. The third-order valence-corrected chi connectivity index (χ3v) is 8.69. The third kappa shape index (κ3) is 6.14. The summed E-state index contributed by atoms with van der Waals surface area (Å²) in [6.07, 6.45) is 5.96. The number of oxime groups is 1. The van der Waals surface area contributed by atoms with Crippen molar-refractivity contribution in [3.8, 4) is 11.1 Å². The van der Waals surface area contributed by atoms with Crippen LogP contribution in [0.1, 0.15) is 64.0 Å². The molecule has 11 heteroatoms. The summed E-state index contributed by atoms with van der Waals surface area (Å²) in [5.41, 5.74) is 4.95. The number of allylic oxidation sites excluding steroid dienone is 1. The highest BCUT2D eigenvalue weighted by Crippen LogP contribution is 2.46. The molecule has 240 valence electrons. The summed E-state index contributed by atoms with van der Waals surface area (Å²) in [6.45, 7) is 5.34. The molecule has 1 fully saturated rings. The number of nitrogens with zero attached hydrogens (tertiary/aromatic N) is 2. The van der Waals surface area contributed by atoms with Gasteiger partial charge in [-0.15, -0.1) is 0 Å². The summed E-state index contributed by atoms with van der Waals surface area (Å²) in [4.78, 5) is 59.0. The van der Waals surface area contributed by atoms with Crippen LogP contribution in [-0.4, -0.2) is 63.5 Å².